The fourth-order valence-corrected chi connectivity index (χ4v) is 6.52. The molecule has 0 unspecified atom stereocenters. The van der Waals surface area contributed by atoms with E-state index in [1.54, 1.807) is 17.0 Å². The van der Waals surface area contributed by atoms with Gasteiger partial charge in [-0.25, -0.2) is 8.42 Å². The molecule has 4 rings (SSSR count). The zero-order chi connectivity index (χ0) is 21.1. The molecule has 162 valence electrons. The Bertz CT molecular complexity index is 974. The predicted molar refractivity (Wildman–Crippen MR) is 116 cm³/mol. The molecule has 0 spiro atoms. The second-order valence-electron chi connectivity index (χ2n) is 8.00. The lowest BCUT2D eigenvalue weighted by molar-refractivity contribution is 0.0701. The Labute approximate surface area is 182 Å². The summed E-state index contributed by atoms with van der Waals surface area (Å²) in [5.41, 5.74) is 1.95. The summed E-state index contributed by atoms with van der Waals surface area (Å²) in [5, 5.41) is 4.00. The molecule has 1 aromatic heterocycles. The first kappa shape index (κ1) is 21.4. The highest BCUT2D eigenvalue weighted by molar-refractivity contribution is 7.89. The zero-order valence-electron chi connectivity index (χ0n) is 17.3. The van der Waals surface area contributed by atoms with Crippen molar-refractivity contribution in [3.05, 3.63) is 40.4 Å². The third-order valence-corrected chi connectivity index (χ3v) is 8.87. The number of benzene rings is 1. The van der Waals surface area contributed by atoms with Gasteiger partial charge in [-0.3, -0.25) is 4.79 Å². The number of piperazine rings is 1. The van der Waals surface area contributed by atoms with Crippen molar-refractivity contribution in [3.8, 4) is 0 Å². The lowest BCUT2D eigenvalue weighted by Crippen LogP contribution is -2.50. The average molecular weight is 449 g/mol. The fraction of sp³-hybridized carbons (Fsp3) is 0.571. The molecule has 1 aliphatic carbocycles. The van der Waals surface area contributed by atoms with Crippen LogP contribution in [0.1, 0.15) is 65.9 Å². The first-order valence-corrected chi connectivity index (χ1v) is 12.9. The molecular weight excluding hydrogens is 420 g/mol. The van der Waals surface area contributed by atoms with Crippen molar-refractivity contribution in [1.82, 2.24) is 18.8 Å². The number of nitrogens with zero attached hydrogens (tertiary/aromatic N) is 4. The molecule has 2 aliphatic rings. The van der Waals surface area contributed by atoms with Crippen LogP contribution in [0.2, 0.25) is 0 Å². The maximum Gasteiger partial charge on any atom is 0.267 e. The molecule has 2 aromatic rings. The van der Waals surface area contributed by atoms with Gasteiger partial charge in [0.25, 0.3) is 5.91 Å². The smallest absolute Gasteiger partial charge is 0.267 e. The van der Waals surface area contributed by atoms with Crippen molar-refractivity contribution in [2.75, 3.05) is 26.2 Å². The van der Waals surface area contributed by atoms with Crippen LogP contribution in [-0.2, 0) is 16.4 Å². The number of carbonyl (C=O) groups is 1. The Morgan fingerprint density at radius 1 is 1.07 bits per heavy atom. The van der Waals surface area contributed by atoms with Gasteiger partial charge in [0.15, 0.2) is 0 Å². The maximum atomic E-state index is 13.1. The van der Waals surface area contributed by atoms with Crippen LogP contribution in [0.25, 0.3) is 0 Å². The molecule has 1 saturated heterocycles. The Balaban J connectivity index is 1.40. The van der Waals surface area contributed by atoms with E-state index in [9.17, 15) is 13.2 Å². The van der Waals surface area contributed by atoms with E-state index in [0.29, 0.717) is 54.0 Å². The number of hydrogen-bond acceptors (Lipinski definition) is 6. The molecule has 30 heavy (non-hydrogen) atoms. The van der Waals surface area contributed by atoms with Gasteiger partial charge in [0, 0.05) is 26.2 Å². The van der Waals surface area contributed by atoms with Crippen molar-refractivity contribution in [2.24, 2.45) is 0 Å². The van der Waals surface area contributed by atoms with Crippen LogP contribution >= 0.6 is 11.5 Å². The Kier molecular flexibility index (Phi) is 6.50. The summed E-state index contributed by atoms with van der Waals surface area (Å²) in [6.07, 6.45) is 6.85. The van der Waals surface area contributed by atoms with Crippen LogP contribution in [0, 0.1) is 0 Å². The summed E-state index contributed by atoms with van der Waals surface area (Å²) in [5.74, 6) is 0.454. The molecule has 9 heteroatoms. The van der Waals surface area contributed by atoms with Gasteiger partial charge in [0.1, 0.15) is 4.88 Å². The molecule has 0 atom stereocenters. The Morgan fingerprint density at radius 3 is 2.37 bits per heavy atom. The SMILES string of the molecule is CCc1nnsc1C(=O)N1CCN(S(=O)(=O)c2ccc(C3CCCCC3)cc2)CC1. The first-order chi connectivity index (χ1) is 14.5. The van der Waals surface area contributed by atoms with Crippen molar-refractivity contribution < 1.29 is 13.2 Å². The molecule has 0 bridgehead atoms. The van der Waals surface area contributed by atoms with E-state index in [1.165, 1.54) is 42.0 Å². The number of sulfonamides is 1. The highest BCUT2D eigenvalue weighted by Crippen LogP contribution is 2.33. The number of amides is 1. The van der Waals surface area contributed by atoms with Crippen molar-refractivity contribution >= 4 is 27.5 Å². The molecule has 1 amide bonds. The molecule has 2 heterocycles. The molecule has 1 aromatic carbocycles. The second kappa shape index (κ2) is 9.11. The van der Waals surface area contributed by atoms with Crippen LogP contribution < -0.4 is 0 Å². The molecular formula is C21H28N4O3S2. The normalized spacial score (nSPS) is 19.2. The minimum absolute atomic E-state index is 0.101. The number of rotatable bonds is 5. The second-order valence-corrected chi connectivity index (χ2v) is 10.7. The van der Waals surface area contributed by atoms with Crippen molar-refractivity contribution in [1.29, 1.82) is 0 Å². The summed E-state index contributed by atoms with van der Waals surface area (Å²) < 4.78 is 31.5. The maximum absolute atomic E-state index is 13.1. The van der Waals surface area contributed by atoms with Gasteiger partial charge in [-0.1, -0.05) is 42.8 Å². The van der Waals surface area contributed by atoms with Crippen molar-refractivity contribution in [3.63, 3.8) is 0 Å². The predicted octanol–water partition coefficient (Wildman–Crippen LogP) is 3.29. The Morgan fingerprint density at radius 2 is 1.73 bits per heavy atom. The van der Waals surface area contributed by atoms with Crippen molar-refractivity contribution in [2.45, 2.75) is 56.3 Å². The summed E-state index contributed by atoms with van der Waals surface area (Å²) in [7, 11) is -3.55. The number of hydrogen-bond donors (Lipinski definition) is 0. The van der Waals surface area contributed by atoms with Gasteiger partial charge in [0.2, 0.25) is 10.0 Å². The van der Waals surface area contributed by atoms with Gasteiger partial charge in [-0.15, -0.1) is 5.10 Å². The van der Waals surface area contributed by atoms with E-state index >= 15 is 0 Å². The van der Waals surface area contributed by atoms with Gasteiger partial charge in [-0.2, -0.15) is 4.31 Å². The highest BCUT2D eigenvalue weighted by atomic mass is 32.2. The fourth-order valence-electron chi connectivity index (χ4n) is 4.37. The number of aromatic nitrogens is 2. The summed E-state index contributed by atoms with van der Waals surface area (Å²) in [6, 6.07) is 7.44. The lowest BCUT2D eigenvalue weighted by atomic mass is 9.84. The van der Waals surface area contributed by atoms with Crippen LogP contribution in [-0.4, -0.2) is 59.3 Å². The summed E-state index contributed by atoms with van der Waals surface area (Å²) in [4.78, 5) is 15.3. The van der Waals surface area contributed by atoms with Crippen LogP contribution in [0.3, 0.4) is 0 Å². The lowest BCUT2D eigenvalue weighted by Gasteiger charge is -2.33. The van der Waals surface area contributed by atoms with Crippen LogP contribution in [0.5, 0.6) is 0 Å². The third kappa shape index (κ3) is 4.29. The van der Waals surface area contributed by atoms with Gasteiger partial charge >= 0.3 is 0 Å². The monoisotopic (exact) mass is 448 g/mol. The topological polar surface area (TPSA) is 83.5 Å². The van der Waals surface area contributed by atoms with E-state index < -0.39 is 10.0 Å². The van der Waals surface area contributed by atoms with E-state index in [1.807, 2.05) is 19.1 Å². The molecule has 1 saturated carbocycles. The minimum atomic E-state index is -3.55. The Hall–Kier alpha value is -1.84. The van der Waals surface area contributed by atoms with Gasteiger partial charge in [-0.05, 0) is 54.4 Å². The molecule has 7 nitrogen and oxygen atoms in total. The molecule has 1 aliphatic heterocycles. The van der Waals surface area contributed by atoms with E-state index in [0.717, 1.165) is 11.5 Å². The summed E-state index contributed by atoms with van der Waals surface area (Å²) in [6.45, 7) is 3.29. The van der Waals surface area contributed by atoms with Crippen LogP contribution in [0.15, 0.2) is 29.2 Å². The van der Waals surface area contributed by atoms with E-state index in [4.69, 9.17) is 0 Å². The number of carbonyl (C=O) groups excluding carboxylic acids is 1. The summed E-state index contributed by atoms with van der Waals surface area (Å²) >= 11 is 1.11. The zero-order valence-corrected chi connectivity index (χ0v) is 18.9. The van der Waals surface area contributed by atoms with Gasteiger partial charge < -0.3 is 4.90 Å². The average Bonchev–Trinajstić information content (AvgIpc) is 3.28. The van der Waals surface area contributed by atoms with E-state index in [2.05, 4.69) is 9.59 Å². The molecule has 0 radical (unpaired) electrons. The third-order valence-electron chi connectivity index (χ3n) is 6.21. The first-order valence-electron chi connectivity index (χ1n) is 10.7. The minimum Gasteiger partial charge on any atom is -0.335 e. The highest BCUT2D eigenvalue weighted by Gasteiger charge is 2.32. The number of aryl methyl sites for hydroxylation is 1. The standard InChI is InChI=1S/C21H28N4O3S2/c1-2-19-20(29-23-22-19)21(26)24-12-14-25(15-13-24)30(27,28)18-10-8-17(9-11-18)16-6-4-3-5-7-16/h8-11,16H,2-7,12-15H2,1H3. The van der Waals surface area contributed by atoms with E-state index in [-0.39, 0.29) is 5.91 Å². The molecule has 0 N–H and O–H groups in total. The van der Waals surface area contributed by atoms with Crippen LogP contribution in [0.4, 0.5) is 0 Å². The quantitative estimate of drug-likeness (QED) is 0.701. The molecule has 2 fully saturated rings. The largest absolute Gasteiger partial charge is 0.335 e. The van der Waals surface area contributed by atoms with Gasteiger partial charge in [0.05, 0.1) is 10.6 Å².